The predicted molar refractivity (Wildman–Crippen MR) is 28.5 cm³/mol. The van der Waals surface area contributed by atoms with E-state index in [0.717, 1.165) is 12.4 Å². The van der Waals surface area contributed by atoms with E-state index >= 15 is 0 Å². The molecule has 38 valence electrons. The zero-order valence-electron chi connectivity index (χ0n) is 4.22. The van der Waals surface area contributed by atoms with Crippen LogP contribution in [0.1, 0.15) is 0 Å². The average molecular weight is 97.1 g/mol. The first kappa shape index (κ1) is 4.37. The van der Waals surface area contributed by atoms with Crippen LogP contribution in [0.2, 0.25) is 0 Å². The molecule has 0 saturated carbocycles. The Kier molecular flexibility index (Phi) is 1.11. The summed E-state index contributed by atoms with van der Waals surface area (Å²) in [6, 6.07) is 0. The van der Waals surface area contributed by atoms with Crippen molar-refractivity contribution >= 4 is 5.90 Å². The average Bonchev–Trinajstić information content (AvgIpc) is 2.14. The molecule has 0 aliphatic carbocycles. The van der Waals surface area contributed by atoms with E-state index in [1.165, 1.54) is 0 Å². The summed E-state index contributed by atoms with van der Waals surface area (Å²) in [5.41, 5.74) is 0. The van der Waals surface area contributed by atoms with Crippen molar-refractivity contribution in [3.8, 4) is 0 Å². The van der Waals surface area contributed by atoms with Gasteiger partial charge >= 0.3 is 0 Å². The lowest BCUT2D eigenvalue weighted by molar-refractivity contribution is 0.407. The molecule has 1 aliphatic rings. The molecule has 1 aliphatic heterocycles. The van der Waals surface area contributed by atoms with Crippen molar-refractivity contribution in [2.75, 3.05) is 13.7 Å². The van der Waals surface area contributed by atoms with Gasteiger partial charge in [0.1, 0.15) is 0 Å². The van der Waals surface area contributed by atoms with E-state index in [0.29, 0.717) is 0 Å². The third kappa shape index (κ3) is 0.796. The van der Waals surface area contributed by atoms with Crippen molar-refractivity contribution in [1.29, 1.82) is 0 Å². The molecule has 0 spiro atoms. The molecule has 1 rings (SSSR count). The highest BCUT2D eigenvalue weighted by molar-refractivity contribution is 5.89. The first-order valence-corrected chi connectivity index (χ1v) is 2.18. The number of ether oxygens (including phenoxy) is 1. The first-order valence-electron chi connectivity index (χ1n) is 2.18. The van der Waals surface area contributed by atoms with Crippen molar-refractivity contribution in [3.63, 3.8) is 0 Å². The van der Waals surface area contributed by atoms with E-state index in [1.54, 1.807) is 7.11 Å². The second kappa shape index (κ2) is 1.78. The van der Waals surface area contributed by atoms with Crippen LogP contribution in [0, 0.1) is 0 Å². The van der Waals surface area contributed by atoms with Crippen molar-refractivity contribution in [2.24, 2.45) is 4.99 Å². The van der Waals surface area contributed by atoms with Crippen LogP contribution in [0.5, 0.6) is 0 Å². The summed E-state index contributed by atoms with van der Waals surface area (Å²) in [6.45, 7) is 0.781. The topological polar surface area (TPSA) is 21.6 Å². The van der Waals surface area contributed by atoms with Gasteiger partial charge in [-0.1, -0.05) is 6.08 Å². The van der Waals surface area contributed by atoms with Gasteiger partial charge in [-0.05, 0) is 6.08 Å². The minimum atomic E-state index is 0.736. The summed E-state index contributed by atoms with van der Waals surface area (Å²) in [6.07, 6.45) is 3.82. The Morgan fingerprint density at radius 1 is 1.86 bits per heavy atom. The van der Waals surface area contributed by atoms with E-state index in [4.69, 9.17) is 4.74 Å². The molecule has 0 unspecified atom stereocenters. The standard InChI is InChI=1S/C5H7NO/c1-7-5-3-2-4-6-5/h2-3H,4H2,1H3. The van der Waals surface area contributed by atoms with Crippen LogP contribution in [-0.2, 0) is 4.74 Å². The molecule has 0 aromatic carbocycles. The third-order valence-corrected chi connectivity index (χ3v) is 0.822. The van der Waals surface area contributed by atoms with Crippen molar-refractivity contribution in [2.45, 2.75) is 0 Å². The van der Waals surface area contributed by atoms with Gasteiger partial charge in [-0.2, -0.15) is 0 Å². The highest BCUT2D eigenvalue weighted by Crippen LogP contribution is 1.91. The monoisotopic (exact) mass is 97.1 g/mol. The smallest absolute Gasteiger partial charge is 0.208 e. The Bertz CT molecular complexity index is 115. The maximum absolute atomic E-state index is 4.77. The zero-order chi connectivity index (χ0) is 5.11. The molecule has 0 fully saturated rings. The molecule has 0 atom stereocenters. The molecule has 0 bridgehead atoms. The van der Waals surface area contributed by atoms with Gasteiger partial charge in [0.15, 0.2) is 0 Å². The lowest BCUT2D eigenvalue weighted by atomic mass is 10.6. The second-order valence-corrected chi connectivity index (χ2v) is 1.29. The molecule has 0 saturated heterocycles. The van der Waals surface area contributed by atoms with Gasteiger partial charge < -0.3 is 4.74 Å². The van der Waals surface area contributed by atoms with E-state index in [-0.39, 0.29) is 0 Å². The SMILES string of the molecule is COC1=NCC=C1. The highest BCUT2D eigenvalue weighted by atomic mass is 16.5. The van der Waals surface area contributed by atoms with E-state index in [9.17, 15) is 0 Å². The molecule has 2 nitrogen and oxygen atoms in total. The molecule has 0 radical (unpaired) electrons. The Balaban J connectivity index is 2.52. The molecule has 0 aromatic rings. The summed E-state index contributed by atoms with van der Waals surface area (Å²) in [4.78, 5) is 3.94. The van der Waals surface area contributed by atoms with Crippen molar-refractivity contribution in [1.82, 2.24) is 0 Å². The lowest BCUT2D eigenvalue weighted by Crippen LogP contribution is -1.90. The molecular weight excluding hydrogens is 90.1 g/mol. The Hall–Kier alpha value is -0.790. The lowest BCUT2D eigenvalue weighted by Gasteiger charge is -1.89. The predicted octanol–water partition coefficient (Wildman–Crippen LogP) is 0.601. The van der Waals surface area contributed by atoms with Gasteiger partial charge in [-0.15, -0.1) is 0 Å². The van der Waals surface area contributed by atoms with Crippen molar-refractivity contribution in [3.05, 3.63) is 12.2 Å². The van der Waals surface area contributed by atoms with Gasteiger partial charge in [0.05, 0.1) is 13.7 Å². The largest absolute Gasteiger partial charge is 0.481 e. The molecule has 7 heavy (non-hydrogen) atoms. The summed E-state index contributed by atoms with van der Waals surface area (Å²) in [7, 11) is 1.62. The van der Waals surface area contributed by atoms with Crippen LogP contribution in [0.4, 0.5) is 0 Å². The van der Waals surface area contributed by atoms with Crippen LogP contribution in [0.25, 0.3) is 0 Å². The summed E-state index contributed by atoms with van der Waals surface area (Å²) in [5, 5.41) is 0. The van der Waals surface area contributed by atoms with Crippen LogP contribution >= 0.6 is 0 Å². The Labute approximate surface area is 42.5 Å². The van der Waals surface area contributed by atoms with E-state index in [2.05, 4.69) is 4.99 Å². The molecule has 1 heterocycles. The number of methoxy groups -OCH3 is 1. The minimum absolute atomic E-state index is 0.736. The fraction of sp³-hybridized carbons (Fsp3) is 0.400. The number of nitrogens with zero attached hydrogens (tertiary/aromatic N) is 1. The van der Waals surface area contributed by atoms with Crippen LogP contribution in [0.15, 0.2) is 17.1 Å². The number of hydrogen-bond acceptors (Lipinski definition) is 2. The van der Waals surface area contributed by atoms with Crippen LogP contribution < -0.4 is 0 Å². The maximum Gasteiger partial charge on any atom is 0.208 e. The van der Waals surface area contributed by atoms with Crippen LogP contribution in [-0.4, -0.2) is 19.6 Å². The Morgan fingerprint density at radius 2 is 2.71 bits per heavy atom. The summed E-state index contributed by atoms with van der Waals surface area (Å²) >= 11 is 0. The van der Waals surface area contributed by atoms with Gasteiger partial charge in [0, 0.05) is 0 Å². The molecule has 0 amide bonds. The summed E-state index contributed by atoms with van der Waals surface area (Å²) in [5.74, 6) is 0.736. The molecule has 2 heteroatoms. The van der Waals surface area contributed by atoms with E-state index < -0.39 is 0 Å². The number of hydrogen-bond donors (Lipinski definition) is 0. The van der Waals surface area contributed by atoms with Gasteiger partial charge in [-0.3, -0.25) is 0 Å². The normalized spacial score (nSPS) is 17.0. The molecular formula is C5H7NO. The van der Waals surface area contributed by atoms with Crippen LogP contribution in [0.3, 0.4) is 0 Å². The third-order valence-electron chi connectivity index (χ3n) is 0.822. The maximum atomic E-state index is 4.77. The minimum Gasteiger partial charge on any atom is -0.481 e. The highest BCUT2D eigenvalue weighted by Gasteiger charge is 1.93. The fourth-order valence-electron chi connectivity index (χ4n) is 0.481. The molecule has 0 aromatic heterocycles. The zero-order valence-corrected chi connectivity index (χ0v) is 4.22. The van der Waals surface area contributed by atoms with Crippen molar-refractivity contribution < 1.29 is 4.74 Å². The van der Waals surface area contributed by atoms with E-state index in [1.807, 2.05) is 12.2 Å². The first-order chi connectivity index (χ1) is 3.43. The second-order valence-electron chi connectivity index (χ2n) is 1.29. The number of rotatable bonds is 0. The van der Waals surface area contributed by atoms with Gasteiger partial charge in [0.2, 0.25) is 5.90 Å². The Morgan fingerprint density at radius 3 is 3.00 bits per heavy atom. The number of aliphatic imine (C=N–C) groups is 1. The molecule has 0 N–H and O–H groups in total. The van der Waals surface area contributed by atoms with Gasteiger partial charge in [-0.25, -0.2) is 4.99 Å². The quantitative estimate of drug-likeness (QED) is 0.433. The van der Waals surface area contributed by atoms with Gasteiger partial charge in [0.25, 0.3) is 0 Å². The summed E-state index contributed by atoms with van der Waals surface area (Å²) < 4.78 is 4.77. The fourth-order valence-corrected chi connectivity index (χ4v) is 0.481.